The van der Waals surface area contributed by atoms with Crippen LogP contribution in [0.2, 0.25) is 0 Å². The summed E-state index contributed by atoms with van der Waals surface area (Å²) in [4.78, 5) is 17.3. The monoisotopic (exact) mass is 386 g/mol. The summed E-state index contributed by atoms with van der Waals surface area (Å²) in [5.74, 6) is 0.633. The number of hydrogen-bond acceptors (Lipinski definition) is 5. The second kappa shape index (κ2) is 8.98. The number of benzene rings is 1. The topological polar surface area (TPSA) is 41.6 Å². The molecule has 26 heavy (non-hydrogen) atoms. The molecule has 0 saturated carbocycles. The van der Waals surface area contributed by atoms with Gasteiger partial charge < -0.3 is 10.1 Å². The Morgan fingerprint density at radius 1 is 1.08 bits per heavy atom. The van der Waals surface area contributed by atoms with Crippen LogP contribution in [0.3, 0.4) is 0 Å². The minimum absolute atomic E-state index is 0.0398. The summed E-state index contributed by atoms with van der Waals surface area (Å²) >= 11 is 3.43. The molecule has 0 aliphatic heterocycles. The standard InChI is InChI=1S/C20H22N2O2S2/c1-15-7-8-19(24-2)18(11-15)21-20(23)14-22(12-16-5-3-9-25-16)13-17-6-4-10-26-17/h3-11H,12-14H2,1-2H3,(H,21,23). The smallest absolute Gasteiger partial charge is 0.238 e. The molecule has 3 aromatic rings. The van der Waals surface area contributed by atoms with Crippen molar-refractivity contribution in [3.05, 3.63) is 68.5 Å². The molecule has 0 bridgehead atoms. The van der Waals surface area contributed by atoms with E-state index in [2.05, 4.69) is 33.1 Å². The maximum absolute atomic E-state index is 12.7. The summed E-state index contributed by atoms with van der Waals surface area (Å²) in [6, 6.07) is 14.1. The Morgan fingerprint density at radius 2 is 1.73 bits per heavy atom. The molecule has 136 valence electrons. The van der Waals surface area contributed by atoms with E-state index in [9.17, 15) is 4.79 Å². The molecule has 0 saturated heterocycles. The fourth-order valence-corrected chi connectivity index (χ4v) is 4.22. The molecular weight excluding hydrogens is 364 g/mol. The quantitative estimate of drug-likeness (QED) is 0.606. The maximum Gasteiger partial charge on any atom is 0.238 e. The summed E-state index contributed by atoms with van der Waals surface area (Å²) in [5.41, 5.74) is 1.79. The molecule has 4 nitrogen and oxygen atoms in total. The normalized spacial score (nSPS) is 10.9. The van der Waals surface area contributed by atoms with Gasteiger partial charge in [0.05, 0.1) is 19.3 Å². The van der Waals surface area contributed by atoms with Gasteiger partial charge in [-0.05, 0) is 47.5 Å². The maximum atomic E-state index is 12.7. The number of ether oxygens (including phenoxy) is 1. The molecule has 3 rings (SSSR count). The van der Waals surface area contributed by atoms with Crippen molar-refractivity contribution < 1.29 is 9.53 Å². The van der Waals surface area contributed by atoms with Crippen LogP contribution in [-0.4, -0.2) is 24.5 Å². The Bertz CT molecular complexity index is 793. The zero-order valence-electron chi connectivity index (χ0n) is 14.9. The SMILES string of the molecule is COc1ccc(C)cc1NC(=O)CN(Cc1cccs1)Cc1cccs1. The summed E-state index contributed by atoms with van der Waals surface area (Å²) in [7, 11) is 1.61. The van der Waals surface area contributed by atoms with E-state index in [1.54, 1.807) is 29.8 Å². The molecule has 6 heteroatoms. The molecule has 0 fully saturated rings. The van der Waals surface area contributed by atoms with Crippen molar-refractivity contribution in [3.63, 3.8) is 0 Å². The van der Waals surface area contributed by atoms with Crippen molar-refractivity contribution in [1.82, 2.24) is 4.90 Å². The lowest BCUT2D eigenvalue weighted by Gasteiger charge is -2.21. The van der Waals surface area contributed by atoms with Gasteiger partial charge in [-0.15, -0.1) is 22.7 Å². The van der Waals surface area contributed by atoms with E-state index in [0.29, 0.717) is 18.0 Å². The van der Waals surface area contributed by atoms with Crippen LogP contribution >= 0.6 is 22.7 Å². The second-order valence-electron chi connectivity index (χ2n) is 6.06. The van der Waals surface area contributed by atoms with Crippen molar-refractivity contribution >= 4 is 34.3 Å². The van der Waals surface area contributed by atoms with Crippen LogP contribution in [0.1, 0.15) is 15.3 Å². The third kappa shape index (κ3) is 5.17. The van der Waals surface area contributed by atoms with Crippen LogP contribution in [0.25, 0.3) is 0 Å². The molecule has 2 heterocycles. The minimum Gasteiger partial charge on any atom is -0.495 e. The van der Waals surface area contributed by atoms with Gasteiger partial charge in [-0.25, -0.2) is 0 Å². The number of methoxy groups -OCH3 is 1. The number of carbonyl (C=O) groups excluding carboxylic acids is 1. The first-order chi connectivity index (χ1) is 12.6. The number of nitrogens with one attached hydrogen (secondary N) is 1. The summed E-state index contributed by atoms with van der Waals surface area (Å²) in [6.45, 7) is 3.84. The predicted molar refractivity (Wildman–Crippen MR) is 109 cm³/mol. The van der Waals surface area contributed by atoms with Crippen LogP contribution in [-0.2, 0) is 17.9 Å². The first-order valence-electron chi connectivity index (χ1n) is 8.35. The molecule has 1 N–H and O–H groups in total. The largest absolute Gasteiger partial charge is 0.495 e. The first kappa shape index (κ1) is 18.6. The highest BCUT2D eigenvalue weighted by atomic mass is 32.1. The molecule has 0 aliphatic carbocycles. The number of carbonyl (C=O) groups is 1. The van der Waals surface area contributed by atoms with E-state index in [1.165, 1.54) is 9.75 Å². The highest BCUT2D eigenvalue weighted by Gasteiger charge is 2.15. The van der Waals surface area contributed by atoms with Crippen LogP contribution in [0, 0.1) is 6.92 Å². The van der Waals surface area contributed by atoms with Crippen molar-refractivity contribution in [3.8, 4) is 5.75 Å². The van der Waals surface area contributed by atoms with Gasteiger partial charge in [0.1, 0.15) is 5.75 Å². The van der Waals surface area contributed by atoms with Crippen molar-refractivity contribution in [1.29, 1.82) is 0 Å². The fourth-order valence-electron chi connectivity index (χ4n) is 2.73. The lowest BCUT2D eigenvalue weighted by Crippen LogP contribution is -2.32. The van der Waals surface area contributed by atoms with E-state index in [1.807, 2.05) is 37.3 Å². The van der Waals surface area contributed by atoms with E-state index in [-0.39, 0.29) is 5.91 Å². The van der Waals surface area contributed by atoms with Crippen LogP contribution in [0.5, 0.6) is 5.75 Å². The van der Waals surface area contributed by atoms with E-state index >= 15 is 0 Å². The van der Waals surface area contributed by atoms with Gasteiger partial charge in [-0.3, -0.25) is 9.69 Å². The average molecular weight is 387 g/mol. The summed E-state index contributed by atoms with van der Waals surface area (Å²) in [5, 5.41) is 7.12. The highest BCUT2D eigenvalue weighted by molar-refractivity contribution is 7.10. The third-order valence-corrected chi connectivity index (χ3v) is 5.64. The number of hydrogen-bond donors (Lipinski definition) is 1. The average Bonchev–Trinajstić information content (AvgIpc) is 3.29. The number of anilines is 1. The number of aryl methyl sites for hydroxylation is 1. The zero-order valence-corrected chi connectivity index (χ0v) is 16.5. The van der Waals surface area contributed by atoms with E-state index < -0.39 is 0 Å². The molecule has 0 unspecified atom stereocenters. The second-order valence-corrected chi connectivity index (χ2v) is 8.12. The Morgan fingerprint density at radius 3 is 2.27 bits per heavy atom. The molecule has 1 aromatic carbocycles. The van der Waals surface area contributed by atoms with E-state index in [0.717, 1.165) is 18.7 Å². The Hall–Kier alpha value is -2.15. The van der Waals surface area contributed by atoms with Gasteiger partial charge in [0.15, 0.2) is 0 Å². The Balaban J connectivity index is 1.69. The van der Waals surface area contributed by atoms with Crippen molar-refractivity contribution in [2.45, 2.75) is 20.0 Å². The molecule has 0 aliphatic rings. The van der Waals surface area contributed by atoms with Gasteiger partial charge in [0.2, 0.25) is 5.91 Å². The number of thiophene rings is 2. The molecule has 1 amide bonds. The molecule has 2 aromatic heterocycles. The zero-order chi connectivity index (χ0) is 18.4. The van der Waals surface area contributed by atoms with Crippen LogP contribution < -0.4 is 10.1 Å². The van der Waals surface area contributed by atoms with Gasteiger partial charge in [0.25, 0.3) is 0 Å². The lowest BCUT2D eigenvalue weighted by molar-refractivity contribution is -0.117. The van der Waals surface area contributed by atoms with Gasteiger partial charge >= 0.3 is 0 Å². The fraction of sp³-hybridized carbons (Fsp3) is 0.250. The number of rotatable bonds is 8. The summed E-state index contributed by atoms with van der Waals surface area (Å²) in [6.07, 6.45) is 0. The summed E-state index contributed by atoms with van der Waals surface area (Å²) < 4.78 is 5.35. The number of amides is 1. The molecular formula is C20H22N2O2S2. The molecule has 0 radical (unpaired) electrons. The Labute approximate surface area is 162 Å². The number of nitrogens with zero attached hydrogens (tertiary/aromatic N) is 1. The third-order valence-electron chi connectivity index (χ3n) is 3.92. The lowest BCUT2D eigenvalue weighted by atomic mass is 10.2. The first-order valence-corrected chi connectivity index (χ1v) is 10.1. The molecule has 0 spiro atoms. The predicted octanol–water partition coefficient (Wildman–Crippen LogP) is 4.77. The van der Waals surface area contributed by atoms with Crippen molar-refractivity contribution in [2.75, 3.05) is 19.0 Å². The van der Waals surface area contributed by atoms with Crippen LogP contribution in [0.15, 0.2) is 53.2 Å². The van der Waals surface area contributed by atoms with Gasteiger partial charge in [0, 0.05) is 22.8 Å². The van der Waals surface area contributed by atoms with E-state index in [4.69, 9.17) is 4.74 Å². The Kier molecular flexibility index (Phi) is 6.44. The van der Waals surface area contributed by atoms with Gasteiger partial charge in [-0.1, -0.05) is 18.2 Å². The highest BCUT2D eigenvalue weighted by Crippen LogP contribution is 2.25. The van der Waals surface area contributed by atoms with Crippen molar-refractivity contribution in [2.24, 2.45) is 0 Å². The minimum atomic E-state index is -0.0398. The van der Waals surface area contributed by atoms with Crippen LogP contribution in [0.4, 0.5) is 5.69 Å². The van der Waals surface area contributed by atoms with Gasteiger partial charge in [-0.2, -0.15) is 0 Å². The molecule has 0 atom stereocenters.